The molecule has 0 unspecified atom stereocenters. The summed E-state index contributed by atoms with van der Waals surface area (Å²) in [5.74, 6) is -0.330. The Bertz CT molecular complexity index is 1150. The minimum atomic E-state index is -4.40. The van der Waals surface area contributed by atoms with Gasteiger partial charge in [-0.15, -0.1) is 0 Å². The highest BCUT2D eigenvalue weighted by atomic mass is 19.4. The van der Waals surface area contributed by atoms with Crippen LogP contribution in [0.5, 0.6) is 0 Å². The van der Waals surface area contributed by atoms with Crippen molar-refractivity contribution >= 4 is 17.4 Å². The molecule has 1 atom stereocenters. The average molecular weight is 446 g/mol. The van der Waals surface area contributed by atoms with Gasteiger partial charge in [-0.2, -0.15) is 22.8 Å². The number of hydrogen-bond acceptors (Lipinski definition) is 4. The first-order valence-electron chi connectivity index (χ1n) is 10.6. The van der Waals surface area contributed by atoms with Crippen molar-refractivity contribution in [3.8, 4) is 11.3 Å². The molecule has 32 heavy (non-hydrogen) atoms. The molecular weight excluding hydrogens is 421 g/mol. The summed E-state index contributed by atoms with van der Waals surface area (Å²) in [5.41, 5.74) is 2.76. The highest BCUT2D eigenvalue weighted by Crippen LogP contribution is 2.35. The monoisotopic (exact) mass is 446 g/mol. The molecule has 4 rings (SSSR count). The lowest BCUT2D eigenvalue weighted by Crippen LogP contribution is -2.40. The minimum Gasteiger partial charge on any atom is -0.481 e. The van der Waals surface area contributed by atoms with Crippen molar-refractivity contribution in [1.82, 2.24) is 14.6 Å². The number of rotatable bonds is 4. The van der Waals surface area contributed by atoms with Gasteiger partial charge >= 0.3 is 12.1 Å². The van der Waals surface area contributed by atoms with Gasteiger partial charge in [0.2, 0.25) is 0 Å². The molecule has 1 aromatic carbocycles. The zero-order chi connectivity index (χ0) is 23.2. The molecule has 0 saturated carbocycles. The first-order chi connectivity index (χ1) is 15.1. The Labute approximate surface area is 183 Å². The Hall–Kier alpha value is -3.10. The molecule has 0 radical (unpaired) electrons. The molecular formula is C23H25F3N4O2. The average Bonchev–Trinajstić information content (AvgIpc) is 3.15. The Morgan fingerprint density at radius 1 is 1.22 bits per heavy atom. The van der Waals surface area contributed by atoms with E-state index in [9.17, 15) is 23.1 Å². The Kier molecular flexibility index (Phi) is 5.60. The third-order valence-corrected chi connectivity index (χ3v) is 5.96. The summed E-state index contributed by atoms with van der Waals surface area (Å²) < 4.78 is 40.5. The van der Waals surface area contributed by atoms with Crippen LogP contribution in [0.25, 0.3) is 16.9 Å². The molecule has 1 aliphatic heterocycles. The summed E-state index contributed by atoms with van der Waals surface area (Å²) in [7, 11) is 0. The summed E-state index contributed by atoms with van der Waals surface area (Å²) in [5, 5.41) is 14.2. The SMILES string of the molecule is Cc1nc2cc(-c3ccc(C(F)(F)F)cc3)nn2c(N2CCC[C@@H](C(=O)O)C2)c1C(C)C. The lowest BCUT2D eigenvalue weighted by Gasteiger charge is -2.34. The van der Waals surface area contributed by atoms with Crippen LogP contribution in [0, 0.1) is 12.8 Å². The lowest BCUT2D eigenvalue weighted by molar-refractivity contribution is -0.142. The van der Waals surface area contributed by atoms with Crippen LogP contribution in [0.4, 0.5) is 19.0 Å². The highest BCUT2D eigenvalue weighted by molar-refractivity contribution is 5.72. The van der Waals surface area contributed by atoms with Crippen LogP contribution < -0.4 is 4.90 Å². The molecule has 3 heterocycles. The summed E-state index contributed by atoms with van der Waals surface area (Å²) >= 11 is 0. The molecule has 6 nitrogen and oxygen atoms in total. The van der Waals surface area contributed by atoms with Crippen LogP contribution in [-0.4, -0.2) is 38.8 Å². The number of alkyl halides is 3. The third kappa shape index (κ3) is 4.03. The van der Waals surface area contributed by atoms with Gasteiger partial charge in [-0.3, -0.25) is 4.79 Å². The van der Waals surface area contributed by atoms with Crippen molar-refractivity contribution in [3.05, 3.63) is 47.2 Å². The molecule has 0 spiro atoms. The zero-order valence-corrected chi connectivity index (χ0v) is 18.1. The Morgan fingerprint density at radius 2 is 1.91 bits per heavy atom. The summed E-state index contributed by atoms with van der Waals surface area (Å²) in [4.78, 5) is 18.4. The second-order valence-electron chi connectivity index (χ2n) is 8.59. The molecule has 170 valence electrons. The van der Waals surface area contributed by atoms with E-state index >= 15 is 0 Å². The number of carbonyl (C=O) groups is 1. The van der Waals surface area contributed by atoms with Gasteiger partial charge in [0, 0.05) is 36.0 Å². The first-order valence-corrected chi connectivity index (χ1v) is 10.6. The van der Waals surface area contributed by atoms with Crippen LogP contribution in [0.1, 0.15) is 49.4 Å². The number of piperidine rings is 1. The predicted molar refractivity (Wildman–Crippen MR) is 115 cm³/mol. The van der Waals surface area contributed by atoms with E-state index in [1.54, 1.807) is 10.6 Å². The Balaban J connectivity index is 1.84. The molecule has 2 aromatic heterocycles. The van der Waals surface area contributed by atoms with Crippen molar-refractivity contribution < 1.29 is 23.1 Å². The number of aromatic nitrogens is 3. The third-order valence-electron chi connectivity index (χ3n) is 5.96. The molecule has 0 aliphatic carbocycles. The fraction of sp³-hybridized carbons (Fsp3) is 0.435. The molecule has 1 saturated heterocycles. The van der Waals surface area contributed by atoms with Gasteiger partial charge in [0.25, 0.3) is 0 Å². The van der Waals surface area contributed by atoms with Gasteiger partial charge in [-0.05, 0) is 37.8 Å². The molecule has 1 N–H and O–H groups in total. The molecule has 0 bridgehead atoms. The smallest absolute Gasteiger partial charge is 0.416 e. The van der Waals surface area contributed by atoms with E-state index in [0.717, 1.165) is 35.6 Å². The van der Waals surface area contributed by atoms with E-state index < -0.39 is 23.6 Å². The van der Waals surface area contributed by atoms with E-state index in [-0.39, 0.29) is 5.92 Å². The molecule has 0 amide bonds. The molecule has 9 heteroatoms. The standard InChI is InChI=1S/C23H25F3N4O2/c1-13(2)20-14(3)27-19-11-18(15-6-8-17(9-7-15)23(24,25)26)28-30(19)21(20)29-10-4-5-16(12-29)22(31)32/h6-9,11,13,16H,4-5,10,12H2,1-3H3,(H,31,32)/t16-/m1/s1. The predicted octanol–water partition coefficient (Wildman–Crippen LogP) is 5.15. The minimum absolute atomic E-state index is 0.130. The Morgan fingerprint density at radius 3 is 2.50 bits per heavy atom. The number of carboxylic acid groups (broad SMARTS) is 1. The number of aliphatic carboxylic acids is 1. The molecule has 3 aromatic rings. The van der Waals surface area contributed by atoms with Crippen molar-refractivity contribution in [2.75, 3.05) is 18.0 Å². The number of carboxylic acids is 1. The van der Waals surface area contributed by atoms with Crippen LogP contribution in [-0.2, 0) is 11.0 Å². The maximum atomic E-state index is 12.9. The lowest BCUT2D eigenvalue weighted by atomic mass is 9.96. The van der Waals surface area contributed by atoms with Crippen LogP contribution in [0.15, 0.2) is 30.3 Å². The maximum Gasteiger partial charge on any atom is 0.416 e. The number of aryl methyl sites for hydroxylation is 1. The number of hydrogen-bond donors (Lipinski definition) is 1. The number of anilines is 1. The second kappa shape index (κ2) is 8.11. The number of nitrogens with zero attached hydrogens (tertiary/aromatic N) is 4. The topological polar surface area (TPSA) is 70.7 Å². The van der Waals surface area contributed by atoms with Gasteiger partial charge in [0.05, 0.1) is 17.2 Å². The van der Waals surface area contributed by atoms with Crippen LogP contribution in [0.2, 0.25) is 0 Å². The van der Waals surface area contributed by atoms with E-state index in [2.05, 4.69) is 28.8 Å². The normalized spacial score (nSPS) is 17.3. The van der Waals surface area contributed by atoms with Gasteiger partial charge < -0.3 is 10.0 Å². The first kappa shape index (κ1) is 22.1. The largest absolute Gasteiger partial charge is 0.481 e. The zero-order valence-electron chi connectivity index (χ0n) is 18.1. The quantitative estimate of drug-likeness (QED) is 0.600. The molecule has 1 aliphatic rings. The highest BCUT2D eigenvalue weighted by Gasteiger charge is 2.31. The van der Waals surface area contributed by atoms with Gasteiger partial charge in [0.15, 0.2) is 5.65 Å². The van der Waals surface area contributed by atoms with E-state index in [0.29, 0.717) is 36.4 Å². The van der Waals surface area contributed by atoms with Crippen LogP contribution in [0.3, 0.4) is 0 Å². The van der Waals surface area contributed by atoms with Crippen molar-refractivity contribution in [1.29, 1.82) is 0 Å². The summed E-state index contributed by atoms with van der Waals surface area (Å²) in [6, 6.07) is 6.65. The van der Waals surface area contributed by atoms with E-state index in [1.165, 1.54) is 12.1 Å². The number of halogens is 3. The van der Waals surface area contributed by atoms with Gasteiger partial charge in [-0.1, -0.05) is 26.0 Å². The van der Waals surface area contributed by atoms with Crippen molar-refractivity contribution in [3.63, 3.8) is 0 Å². The summed E-state index contributed by atoms with van der Waals surface area (Å²) in [6.07, 6.45) is -3.01. The van der Waals surface area contributed by atoms with Gasteiger partial charge in [-0.25, -0.2) is 4.98 Å². The fourth-order valence-electron chi connectivity index (χ4n) is 4.44. The fourth-order valence-corrected chi connectivity index (χ4v) is 4.44. The second-order valence-corrected chi connectivity index (χ2v) is 8.59. The molecule has 1 fully saturated rings. The summed E-state index contributed by atoms with van der Waals surface area (Å²) in [6.45, 7) is 7.11. The van der Waals surface area contributed by atoms with Gasteiger partial charge in [0.1, 0.15) is 5.82 Å². The van der Waals surface area contributed by atoms with Crippen LogP contribution >= 0.6 is 0 Å². The van der Waals surface area contributed by atoms with Crippen molar-refractivity contribution in [2.45, 2.75) is 45.7 Å². The number of fused-ring (bicyclic) bond motifs is 1. The maximum absolute atomic E-state index is 12.9. The van der Waals surface area contributed by atoms with E-state index in [1.807, 2.05) is 6.92 Å². The number of benzene rings is 1. The van der Waals surface area contributed by atoms with E-state index in [4.69, 9.17) is 0 Å². The van der Waals surface area contributed by atoms with Crippen molar-refractivity contribution in [2.24, 2.45) is 5.92 Å².